The van der Waals surface area contributed by atoms with E-state index in [9.17, 15) is 0 Å². The zero-order valence-corrected chi connectivity index (χ0v) is 12.5. The molecule has 0 aliphatic carbocycles. The van der Waals surface area contributed by atoms with Gasteiger partial charge in [-0.25, -0.2) is 0 Å². The van der Waals surface area contributed by atoms with Gasteiger partial charge < -0.3 is 14.8 Å². The van der Waals surface area contributed by atoms with E-state index in [0.29, 0.717) is 12.0 Å². The van der Waals surface area contributed by atoms with Crippen LogP contribution in [-0.4, -0.2) is 62.0 Å². The molecule has 5 nitrogen and oxygen atoms in total. The number of aromatic nitrogens is 1. The topological polar surface area (TPSA) is 46.6 Å². The number of ether oxygens (including phenoxy) is 2. The minimum Gasteiger partial charge on any atom is -0.381 e. The van der Waals surface area contributed by atoms with Crippen LogP contribution < -0.4 is 5.32 Å². The SMILES string of the molecule is c1ccc(CNCC(C2CCOC2)N2CCOCC2)nc1. The number of nitrogens with one attached hydrogen (secondary N) is 1. The van der Waals surface area contributed by atoms with E-state index in [1.54, 1.807) is 0 Å². The maximum Gasteiger partial charge on any atom is 0.0594 e. The molecule has 0 bridgehead atoms. The van der Waals surface area contributed by atoms with Gasteiger partial charge in [0.25, 0.3) is 0 Å². The maximum atomic E-state index is 5.60. The van der Waals surface area contributed by atoms with Crippen molar-refractivity contribution < 1.29 is 9.47 Å². The Morgan fingerprint density at radius 2 is 2.14 bits per heavy atom. The second-order valence-electron chi connectivity index (χ2n) is 5.79. The molecule has 0 radical (unpaired) electrons. The summed E-state index contributed by atoms with van der Waals surface area (Å²) in [4.78, 5) is 6.93. The van der Waals surface area contributed by atoms with Crippen molar-refractivity contribution in [3.63, 3.8) is 0 Å². The molecule has 2 aliphatic rings. The Morgan fingerprint density at radius 1 is 1.24 bits per heavy atom. The van der Waals surface area contributed by atoms with E-state index in [4.69, 9.17) is 9.47 Å². The Hall–Kier alpha value is -1.01. The molecular formula is C16H25N3O2. The number of rotatable bonds is 6. The molecule has 3 rings (SSSR count). The van der Waals surface area contributed by atoms with E-state index in [-0.39, 0.29) is 0 Å². The van der Waals surface area contributed by atoms with Crippen LogP contribution in [0.1, 0.15) is 12.1 Å². The largest absolute Gasteiger partial charge is 0.381 e. The molecule has 5 heteroatoms. The number of nitrogens with zero attached hydrogens (tertiary/aromatic N) is 2. The monoisotopic (exact) mass is 291 g/mol. The van der Waals surface area contributed by atoms with Crippen LogP contribution in [0, 0.1) is 5.92 Å². The van der Waals surface area contributed by atoms with Crippen molar-refractivity contribution in [2.75, 3.05) is 46.1 Å². The minimum atomic E-state index is 0.542. The second-order valence-corrected chi connectivity index (χ2v) is 5.79. The fourth-order valence-electron chi connectivity index (χ4n) is 3.21. The number of morpholine rings is 1. The van der Waals surface area contributed by atoms with Gasteiger partial charge in [0.1, 0.15) is 0 Å². The molecule has 3 heterocycles. The van der Waals surface area contributed by atoms with Crippen molar-refractivity contribution >= 4 is 0 Å². The summed E-state index contributed by atoms with van der Waals surface area (Å²) in [6, 6.07) is 6.60. The van der Waals surface area contributed by atoms with E-state index >= 15 is 0 Å². The average Bonchev–Trinajstić information content (AvgIpc) is 3.07. The molecule has 2 atom stereocenters. The first-order chi connectivity index (χ1) is 10.4. The fraction of sp³-hybridized carbons (Fsp3) is 0.688. The Labute approximate surface area is 126 Å². The summed E-state index contributed by atoms with van der Waals surface area (Å²) >= 11 is 0. The second kappa shape index (κ2) is 7.84. The number of hydrogen-bond donors (Lipinski definition) is 1. The lowest BCUT2D eigenvalue weighted by molar-refractivity contribution is 0.00135. The quantitative estimate of drug-likeness (QED) is 0.844. The molecule has 2 unspecified atom stereocenters. The molecule has 0 spiro atoms. The zero-order valence-electron chi connectivity index (χ0n) is 12.5. The molecule has 1 aromatic heterocycles. The first-order valence-electron chi connectivity index (χ1n) is 7.93. The molecule has 0 aromatic carbocycles. The lowest BCUT2D eigenvalue weighted by atomic mass is 9.97. The van der Waals surface area contributed by atoms with Gasteiger partial charge in [-0.1, -0.05) is 6.07 Å². The van der Waals surface area contributed by atoms with Crippen molar-refractivity contribution in [3.05, 3.63) is 30.1 Å². The Kier molecular flexibility index (Phi) is 5.57. The summed E-state index contributed by atoms with van der Waals surface area (Å²) in [5.74, 6) is 0.638. The normalized spacial score (nSPS) is 25.0. The molecule has 0 saturated carbocycles. The molecular weight excluding hydrogens is 266 g/mol. The number of hydrogen-bond acceptors (Lipinski definition) is 5. The van der Waals surface area contributed by atoms with Crippen LogP contribution in [-0.2, 0) is 16.0 Å². The Morgan fingerprint density at radius 3 is 2.86 bits per heavy atom. The van der Waals surface area contributed by atoms with Gasteiger partial charge in [-0.05, 0) is 18.6 Å². The van der Waals surface area contributed by atoms with E-state index in [1.807, 2.05) is 18.3 Å². The van der Waals surface area contributed by atoms with Gasteiger partial charge in [-0.15, -0.1) is 0 Å². The molecule has 2 fully saturated rings. The zero-order chi connectivity index (χ0) is 14.3. The highest BCUT2D eigenvalue weighted by Gasteiger charge is 2.31. The van der Waals surface area contributed by atoms with Crippen LogP contribution in [0.4, 0.5) is 0 Å². The molecule has 116 valence electrons. The highest BCUT2D eigenvalue weighted by atomic mass is 16.5. The lowest BCUT2D eigenvalue weighted by Gasteiger charge is -2.37. The molecule has 21 heavy (non-hydrogen) atoms. The van der Waals surface area contributed by atoms with Gasteiger partial charge in [-0.3, -0.25) is 9.88 Å². The van der Waals surface area contributed by atoms with E-state index < -0.39 is 0 Å². The standard InChI is InChI=1S/C16H25N3O2/c1-2-5-18-15(3-1)11-17-12-16(14-4-8-21-13-14)19-6-9-20-10-7-19/h1-3,5,14,16-17H,4,6-13H2. The highest BCUT2D eigenvalue weighted by Crippen LogP contribution is 2.21. The van der Waals surface area contributed by atoms with Crippen molar-refractivity contribution in [3.8, 4) is 0 Å². The summed E-state index contributed by atoms with van der Waals surface area (Å²) in [6.45, 7) is 7.40. The molecule has 2 aliphatic heterocycles. The molecule has 0 amide bonds. The third kappa shape index (κ3) is 4.23. The number of pyridine rings is 1. The molecule has 1 aromatic rings. The first kappa shape index (κ1) is 14.9. The summed E-state index contributed by atoms with van der Waals surface area (Å²) in [5.41, 5.74) is 1.10. The smallest absolute Gasteiger partial charge is 0.0594 e. The predicted molar refractivity (Wildman–Crippen MR) is 81.0 cm³/mol. The van der Waals surface area contributed by atoms with Crippen LogP contribution in [0.5, 0.6) is 0 Å². The Bertz CT molecular complexity index is 403. The average molecular weight is 291 g/mol. The van der Waals surface area contributed by atoms with Gasteiger partial charge >= 0.3 is 0 Å². The van der Waals surface area contributed by atoms with E-state index in [0.717, 1.165) is 58.3 Å². The predicted octanol–water partition coefficient (Wildman–Crippen LogP) is 0.908. The maximum absolute atomic E-state index is 5.60. The third-order valence-electron chi connectivity index (χ3n) is 4.41. The Balaban J connectivity index is 1.53. The van der Waals surface area contributed by atoms with Crippen molar-refractivity contribution in [1.82, 2.24) is 15.2 Å². The third-order valence-corrected chi connectivity index (χ3v) is 4.41. The minimum absolute atomic E-state index is 0.542. The van der Waals surface area contributed by atoms with Gasteiger partial charge in [0.2, 0.25) is 0 Å². The highest BCUT2D eigenvalue weighted by molar-refractivity contribution is 5.03. The fourth-order valence-corrected chi connectivity index (χ4v) is 3.21. The van der Waals surface area contributed by atoms with Crippen molar-refractivity contribution in [2.24, 2.45) is 5.92 Å². The van der Waals surface area contributed by atoms with E-state index in [1.165, 1.54) is 6.42 Å². The summed E-state index contributed by atoms with van der Waals surface area (Å²) in [6.07, 6.45) is 3.02. The van der Waals surface area contributed by atoms with Crippen LogP contribution >= 0.6 is 0 Å². The first-order valence-corrected chi connectivity index (χ1v) is 7.93. The van der Waals surface area contributed by atoms with Gasteiger partial charge in [0.15, 0.2) is 0 Å². The molecule has 1 N–H and O–H groups in total. The molecule has 2 saturated heterocycles. The van der Waals surface area contributed by atoms with Gasteiger partial charge in [0.05, 0.1) is 25.5 Å². The van der Waals surface area contributed by atoms with Crippen LogP contribution in [0.2, 0.25) is 0 Å². The van der Waals surface area contributed by atoms with Crippen molar-refractivity contribution in [1.29, 1.82) is 0 Å². The summed E-state index contributed by atoms with van der Waals surface area (Å²) < 4.78 is 11.1. The van der Waals surface area contributed by atoms with Gasteiger partial charge in [0, 0.05) is 50.9 Å². The summed E-state index contributed by atoms with van der Waals surface area (Å²) in [7, 11) is 0. The van der Waals surface area contributed by atoms with E-state index in [2.05, 4.69) is 21.3 Å². The van der Waals surface area contributed by atoms with Gasteiger partial charge in [-0.2, -0.15) is 0 Å². The van der Waals surface area contributed by atoms with Crippen LogP contribution in [0.3, 0.4) is 0 Å². The lowest BCUT2D eigenvalue weighted by Crippen LogP contribution is -2.51. The van der Waals surface area contributed by atoms with Crippen molar-refractivity contribution in [2.45, 2.75) is 19.0 Å². The van der Waals surface area contributed by atoms with Crippen LogP contribution in [0.25, 0.3) is 0 Å². The summed E-state index contributed by atoms with van der Waals surface area (Å²) in [5, 5.41) is 3.58. The van der Waals surface area contributed by atoms with Crippen LogP contribution in [0.15, 0.2) is 24.4 Å².